The first-order chi connectivity index (χ1) is 9.21. The summed E-state index contributed by atoms with van der Waals surface area (Å²) in [5.41, 5.74) is 7.90. The predicted molar refractivity (Wildman–Crippen MR) is 80.3 cm³/mol. The van der Waals surface area contributed by atoms with E-state index < -0.39 is 0 Å². The van der Waals surface area contributed by atoms with Crippen molar-refractivity contribution in [2.45, 2.75) is 64.0 Å². The number of hydrogen-bond donors (Lipinski definition) is 1. The minimum atomic E-state index is -0.129. The summed E-state index contributed by atoms with van der Waals surface area (Å²) < 4.78 is 0. The lowest BCUT2D eigenvalue weighted by Gasteiger charge is -2.25. The molecule has 0 unspecified atom stereocenters. The van der Waals surface area contributed by atoms with Gasteiger partial charge in [-0.05, 0) is 19.4 Å². The lowest BCUT2D eigenvalue weighted by atomic mass is 9.92. The molecule has 4 heteroatoms. The molecule has 106 valence electrons. The largest absolute Gasteiger partial charge is 0.319 e. The zero-order valence-electron chi connectivity index (χ0n) is 12.0. The topological polar surface area (TPSA) is 42.2 Å². The van der Waals surface area contributed by atoms with Crippen LogP contribution in [0, 0.1) is 0 Å². The van der Waals surface area contributed by atoms with Gasteiger partial charge in [0.25, 0.3) is 0 Å². The van der Waals surface area contributed by atoms with Gasteiger partial charge >= 0.3 is 0 Å². The van der Waals surface area contributed by atoms with Crippen molar-refractivity contribution in [2.75, 3.05) is 13.1 Å². The van der Waals surface area contributed by atoms with Gasteiger partial charge in [0, 0.05) is 24.4 Å². The van der Waals surface area contributed by atoms with Gasteiger partial charge in [-0.25, -0.2) is 4.98 Å². The van der Waals surface area contributed by atoms with Crippen molar-refractivity contribution in [2.24, 2.45) is 5.73 Å². The van der Waals surface area contributed by atoms with Crippen molar-refractivity contribution in [3.05, 3.63) is 15.6 Å². The fraction of sp³-hybridized carbons (Fsp3) is 0.800. The Morgan fingerprint density at radius 3 is 2.68 bits per heavy atom. The summed E-state index contributed by atoms with van der Waals surface area (Å²) in [5.74, 6) is 0. The molecule has 0 bridgehead atoms. The van der Waals surface area contributed by atoms with E-state index >= 15 is 0 Å². The summed E-state index contributed by atoms with van der Waals surface area (Å²) in [5, 5.41) is 1.22. The van der Waals surface area contributed by atoms with Gasteiger partial charge in [0.2, 0.25) is 0 Å². The average molecular weight is 279 g/mol. The average Bonchev–Trinajstić information content (AvgIpc) is 2.74. The van der Waals surface area contributed by atoms with E-state index in [9.17, 15) is 0 Å². The van der Waals surface area contributed by atoms with E-state index in [0.717, 1.165) is 38.9 Å². The Bertz CT molecular complexity index is 433. The van der Waals surface area contributed by atoms with Gasteiger partial charge in [-0.2, -0.15) is 0 Å². The van der Waals surface area contributed by atoms with Crippen molar-refractivity contribution in [3.8, 4) is 0 Å². The van der Waals surface area contributed by atoms with E-state index in [0.29, 0.717) is 0 Å². The number of fused-ring (bicyclic) bond motifs is 1. The van der Waals surface area contributed by atoms with Gasteiger partial charge in [-0.1, -0.05) is 32.6 Å². The van der Waals surface area contributed by atoms with Crippen LogP contribution in [0.3, 0.4) is 0 Å². The van der Waals surface area contributed by atoms with E-state index in [4.69, 9.17) is 10.7 Å². The molecule has 0 atom stereocenters. The molecule has 0 aromatic carbocycles. The maximum atomic E-state index is 6.69. The fourth-order valence-electron chi connectivity index (χ4n) is 3.30. The summed E-state index contributed by atoms with van der Waals surface area (Å²) in [4.78, 5) is 8.89. The van der Waals surface area contributed by atoms with Crippen LogP contribution < -0.4 is 5.73 Å². The minimum Gasteiger partial charge on any atom is -0.319 e. The Hall–Kier alpha value is -0.450. The molecule has 3 nitrogen and oxygen atoms in total. The van der Waals surface area contributed by atoms with Gasteiger partial charge < -0.3 is 5.73 Å². The van der Waals surface area contributed by atoms with Crippen LogP contribution in [0.25, 0.3) is 0 Å². The molecule has 2 aliphatic rings. The van der Waals surface area contributed by atoms with Crippen molar-refractivity contribution >= 4 is 11.3 Å². The number of nitrogens with two attached hydrogens (primary N) is 1. The van der Waals surface area contributed by atoms with Crippen LogP contribution >= 0.6 is 11.3 Å². The molecule has 0 amide bonds. The Morgan fingerprint density at radius 2 is 2.00 bits per heavy atom. The first-order valence-corrected chi connectivity index (χ1v) is 8.53. The lowest BCUT2D eigenvalue weighted by Crippen LogP contribution is -2.35. The van der Waals surface area contributed by atoms with Crippen LogP contribution in [-0.4, -0.2) is 23.0 Å². The van der Waals surface area contributed by atoms with Gasteiger partial charge in [0.1, 0.15) is 5.01 Å². The van der Waals surface area contributed by atoms with Crippen LogP contribution in [0.5, 0.6) is 0 Å². The van der Waals surface area contributed by atoms with E-state index in [-0.39, 0.29) is 5.54 Å². The molecule has 19 heavy (non-hydrogen) atoms. The quantitative estimate of drug-likeness (QED) is 0.846. The Labute approximate surface area is 120 Å². The fourth-order valence-corrected chi connectivity index (χ4v) is 4.61. The van der Waals surface area contributed by atoms with Crippen LogP contribution in [0.1, 0.15) is 61.0 Å². The van der Waals surface area contributed by atoms with Crippen molar-refractivity contribution in [1.29, 1.82) is 0 Å². The van der Waals surface area contributed by atoms with E-state index in [1.165, 1.54) is 41.3 Å². The maximum Gasteiger partial charge on any atom is 0.113 e. The SMILES string of the molecule is CCN1CCc2nc(C3(N)CCCCCC3)sc2C1. The molecular weight excluding hydrogens is 254 g/mol. The van der Waals surface area contributed by atoms with Gasteiger partial charge in [0.15, 0.2) is 0 Å². The number of hydrogen-bond acceptors (Lipinski definition) is 4. The molecule has 3 rings (SSSR count). The number of nitrogens with zero attached hydrogens (tertiary/aromatic N) is 2. The molecule has 0 spiro atoms. The monoisotopic (exact) mass is 279 g/mol. The summed E-state index contributed by atoms with van der Waals surface area (Å²) >= 11 is 1.89. The van der Waals surface area contributed by atoms with Crippen molar-refractivity contribution < 1.29 is 0 Å². The van der Waals surface area contributed by atoms with E-state index in [1.54, 1.807) is 0 Å². The number of thiazole rings is 1. The second kappa shape index (κ2) is 5.51. The van der Waals surface area contributed by atoms with Crippen molar-refractivity contribution in [3.63, 3.8) is 0 Å². The van der Waals surface area contributed by atoms with Crippen molar-refractivity contribution in [1.82, 2.24) is 9.88 Å². The zero-order valence-corrected chi connectivity index (χ0v) is 12.8. The first kappa shape index (κ1) is 13.5. The van der Waals surface area contributed by atoms with E-state index in [1.807, 2.05) is 11.3 Å². The van der Waals surface area contributed by atoms with Gasteiger partial charge in [0.05, 0.1) is 11.2 Å². The smallest absolute Gasteiger partial charge is 0.113 e. The van der Waals surface area contributed by atoms with Crippen LogP contribution in [0.4, 0.5) is 0 Å². The Kier molecular flexibility index (Phi) is 3.92. The standard InChI is InChI=1S/C15H25N3S/c1-2-18-10-7-12-13(11-18)19-14(17-12)15(16)8-5-3-4-6-9-15/h2-11,16H2,1H3. The molecule has 0 saturated heterocycles. The molecule has 2 N–H and O–H groups in total. The predicted octanol–water partition coefficient (Wildman–Crippen LogP) is 3.03. The highest BCUT2D eigenvalue weighted by Gasteiger charge is 2.33. The molecule has 1 aliphatic carbocycles. The molecule has 1 aromatic heterocycles. The number of aromatic nitrogens is 1. The summed E-state index contributed by atoms with van der Waals surface area (Å²) in [6.45, 7) is 5.62. The zero-order chi connectivity index (χ0) is 13.3. The van der Waals surface area contributed by atoms with Gasteiger partial charge in [-0.15, -0.1) is 11.3 Å². The highest BCUT2D eigenvalue weighted by molar-refractivity contribution is 7.11. The second-order valence-corrected chi connectivity index (χ2v) is 7.16. The third kappa shape index (κ3) is 2.71. The molecular formula is C15H25N3S. The molecule has 2 heterocycles. The minimum absolute atomic E-state index is 0.129. The lowest BCUT2D eigenvalue weighted by molar-refractivity contribution is 0.269. The molecule has 1 aromatic rings. The normalized spacial score (nSPS) is 23.9. The highest BCUT2D eigenvalue weighted by Crippen LogP contribution is 2.38. The molecule has 1 saturated carbocycles. The van der Waals surface area contributed by atoms with Gasteiger partial charge in [-0.3, -0.25) is 4.90 Å². The van der Waals surface area contributed by atoms with E-state index in [2.05, 4.69) is 11.8 Å². The molecule has 1 aliphatic heterocycles. The molecule has 0 radical (unpaired) electrons. The maximum absolute atomic E-state index is 6.69. The molecule has 1 fully saturated rings. The van der Waals surface area contributed by atoms with Crippen LogP contribution in [-0.2, 0) is 18.5 Å². The number of likely N-dealkylation sites (N-methyl/N-ethyl adjacent to an activating group) is 1. The summed E-state index contributed by atoms with van der Waals surface area (Å²) in [7, 11) is 0. The third-order valence-corrected chi connectivity index (χ3v) is 5.98. The highest BCUT2D eigenvalue weighted by atomic mass is 32.1. The first-order valence-electron chi connectivity index (χ1n) is 7.71. The summed E-state index contributed by atoms with van der Waals surface area (Å²) in [6.07, 6.45) is 8.56. The number of rotatable bonds is 2. The van der Waals surface area contributed by atoms with Crippen LogP contribution in [0.15, 0.2) is 0 Å². The third-order valence-electron chi connectivity index (χ3n) is 4.68. The second-order valence-electron chi connectivity index (χ2n) is 6.08. The summed E-state index contributed by atoms with van der Waals surface area (Å²) in [6, 6.07) is 0. The Balaban J connectivity index is 1.84. The van der Waals surface area contributed by atoms with Crippen LogP contribution in [0.2, 0.25) is 0 Å². The Morgan fingerprint density at radius 1 is 1.26 bits per heavy atom.